The van der Waals surface area contributed by atoms with Gasteiger partial charge in [-0.1, -0.05) is 35.9 Å². The van der Waals surface area contributed by atoms with Gasteiger partial charge in [0.2, 0.25) is 0 Å². The standard InChI is InChI=1S/C20H19ClN2O2/c21-17-9-10-19(25-13-12-24-18-6-2-1-3-7-18)16(14-17)15-23-20-8-4-5-11-22-20/h1-11,14H,12-13,15H2,(H,22,23). The molecule has 0 atom stereocenters. The lowest BCUT2D eigenvalue weighted by Crippen LogP contribution is -2.11. The van der Waals surface area contributed by atoms with E-state index in [1.54, 1.807) is 6.20 Å². The molecule has 1 N–H and O–H groups in total. The number of pyridine rings is 1. The molecule has 0 aliphatic heterocycles. The molecular weight excluding hydrogens is 336 g/mol. The van der Waals surface area contributed by atoms with Crippen LogP contribution >= 0.6 is 11.6 Å². The van der Waals surface area contributed by atoms with Crippen molar-refractivity contribution in [2.75, 3.05) is 18.5 Å². The maximum atomic E-state index is 6.12. The van der Waals surface area contributed by atoms with Crippen LogP contribution in [-0.2, 0) is 6.54 Å². The SMILES string of the molecule is Clc1ccc(OCCOc2ccccc2)c(CNc2ccccn2)c1. The van der Waals surface area contributed by atoms with Crippen LogP contribution in [0, 0.1) is 0 Å². The van der Waals surface area contributed by atoms with Crippen molar-refractivity contribution in [2.24, 2.45) is 0 Å². The molecule has 0 radical (unpaired) electrons. The molecule has 0 unspecified atom stereocenters. The second-order valence-electron chi connectivity index (χ2n) is 5.33. The van der Waals surface area contributed by atoms with Gasteiger partial charge < -0.3 is 14.8 Å². The van der Waals surface area contributed by atoms with Crippen molar-refractivity contribution in [2.45, 2.75) is 6.54 Å². The average Bonchev–Trinajstić information content (AvgIpc) is 2.66. The fourth-order valence-corrected chi connectivity index (χ4v) is 2.50. The summed E-state index contributed by atoms with van der Waals surface area (Å²) in [5.74, 6) is 2.42. The highest BCUT2D eigenvalue weighted by molar-refractivity contribution is 6.30. The Morgan fingerprint density at radius 2 is 1.68 bits per heavy atom. The third-order valence-electron chi connectivity index (χ3n) is 3.50. The van der Waals surface area contributed by atoms with Crippen LogP contribution in [0.15, 0.2) is 72.9 Å². The van der Waals surface area contributed by atoms with E-state index in [2.05, 4.69) is 10.3 Å². The Morgan fingerprint density at radius 3 is 2.48 bits per heavy atom. The number of para-hydroxylation sites is 1. The van der Waals surface area contributed by atoms with Gasteiger partial charge in [0.1, 0.15) is 30.5 Å². The Kier molecular flexibility index (Phi) is 6.12. The molecule has 0 amide bonds. The number of aromatic nitrogens is 1. The lowest BCUT2D eigenvalue weighted by atomic mass is 10.2. The first-order valence-electron chi connectivity index (χ1n) is 8.05. The largest absolute Gasteiger partial charge is 0.490 e. The number of rotatable bonds is 8. The molecule has 3 rings (SSSR count). The van der Waals surface area contributed by atoms with Gasteiger partial charge in [-0.25, -0.2) is 4.98 Å². The highest BCUT2D eigenvalue weighted by Crippen LogP contribution is 2.24. The minimum atomic E-state index is 0.452. The maximum absolute atomic E-state index is 6.12. The molecule has 0 aliphatic carbocycles. The molecule has 0 fully saturated rings. The van der Waals surface area contributed by atoms with Crippen LogP contribution in [0.3, 0.4) is 0 Å². The minimum absolute atomic E-state index is 0.452. The van der Waals surface area contributed by atoms with Crippen LogP contribution in [0.5, 0.6) is 11.5 Å². The van der Waals surface area contributed by atoms with E-state index in [4.69, 9.17) is 21.1 Å². The number of nitrogens with zero attached hydrogens (tertiary/aromatic N) is 1. The number of anilines is 1. The highest BCUT2D eigenvalue weighted by atomic mass is 35.5. The summed E-state index contributed by atoms with van der Waals surface area (Å²) < 4.78 is 11.5. The van der Waals surface area contributed by atoms with E-state index in [0.29, 0.717) is 24.8 Å². The molecule has 128 valence electrons. The zero-order valence-electron chi connectivity index (χ0n) is 13.7. The van der Waals surface area contributed by atoms with E-state index >= 15 is 0 Å². The van der Waals surface area contributed by atoms with Gasteiger partial charge in [-0.15, -0.1) is 0 Å². The summed E-state index contributed by atoms with van der Waals surface area (Å²) in [6.07, 6.45) is 1.75. The van der Waals surface area contributed by atoms with Crippen molar-refractivity contribution in [3.63, 3.8) is 0 Å². The molecular formula is C20H19ClN2O2. The molecule has 1 aromatic heterocycles. The molecule has 0 saturated heterocycles. The molecule has 3 aromatic rings. The van der Waals surface area contributed by atoms with Crippen LogP contribution in [0.4, 0.5) is 5.82 Å². The summed E-state index contributed by atoms with van der Waals surface area (Å²) >= 11 is 6.12. The van der Waals surface area contributed by atoms with Gasteiger partial charge in [-0.05, 0) is 42.5 Å². The second kappa shape index (κ2) is 8.94. The van der Waals surface area contributed by atoms with E-state index < -0.39 is 0 Å². The maximum Gasteiger partial charge on any atom is 0.126 e. The zero-order chi connectivity index (χ0) is 17.3. The number of ether oxygens (including phenoxy) is 2. The Balaban J connectivity index is 1.55. The van der Waals surface area contributed by atoms with Gasteiger partial charge in [-0.3, -0.25) is 0 Å². The van der Waals surface area contributed by atoms with Crippen molar-refractivity contribution < 1.29 is 9.47 Å². The van der Waals surface area contributed by atoms with Crippen LogP contribution in [0.25, 0.3) is 0 Å². The highest BCUT2D eigenvalue weighted by Gasteiger charge is 2.06. The molecule has 4 nitrogen and oxygen atoms in total. The Labute approximate surface area is 152 Å². The monoisotopic (exact) mass is 354 g/mol. The Morgan fingerprint density at radius 1 is 0.880 bits per heavy atom. The fraction of sp³-hybridized carbons (Fsp3) is 0.150. The Hall–Kier alpha value is -2.72. The van der Waals surface area contributed by atoms with Gasteiger partial charge in [0.15, 0.2) is 0 Å². The normalized spacial score (nSPS) is 10.3. The molecule has 0 bridgehead atoms. The Bertz CT molecular complexity index is 782. The van der Waals surface area contributed by atoms with Crippen molar-refractivity contribution in [3.05, 3.63) is 83.5 Å². The van der Waals surface area contributed by atoms with E-state index in [-0.39, 0.29) is 0 Å². The summed E-state index contributed by atoms with van der Waals surface area (Å²) in [5, 5.41) is 3.94. The van der Waals surface area contributed by atoms with Crippen molar-refractivity contribution in [3.8, 4) is 11.5 Å². The van der Waals surface area contributed by atoms with E-state index in [1.807, 2.05) is 66.7 Å². The summed E-state index contributed by atoms with van der Waals surface area (Å²) in [6.45, 7) is 1.50. The van der Waals surface area contributed by atoms with E-state index in [1.165, 1.54) is 0 Å². The van der Waals surface area contributed by atoms with Gasteiger partial charge in [0, 0.05) is 23.3 Å². The number of hydrogen-bond donors (Lipinski definition) is 1. The lowest BCUT2D eigenvalue weighted by Gasteiger charge is -2.13. The van der Waals surface area contributed by atoms with Crippen molar-refractivity contribution in [1.82, 2.24) is 4.98 Å². The van der Waals surface area contributed by atoms with Gasteiger partial charge in [-0.2, -0.15) is 0 Å². The van der Waals surface area contributed by atoms with E-state index in [9.17, 15) is 0 Å². The number of benzene rings is 2. The quantitative estimate of drug-likeness (QED) is 0.590. The van der Waals surface area contributed by atoms with Gasteiger partial charge >= 0.3 is 0 Å². The lowest BCUT2D eigenvalue weighted by molar-refractivity contribution is 0.216. The predicted molar refractivity (Wildman–Crippen MR) is 100 cm³/mol. The minimum Gasteiger partial charge on any atom is -0.490 e. The van der Waals surface area contributed by atoms with Gasteiger partial charge in [0.25, 0.3) is 0 Å². The fourth-order valence-electron chi connectivity index (χ4n) is 2.31. The molecule has 1 heterocycles. The zero-order valence-corrected chi connectivity index (χ0v) is 14.4. The smallest absolute Gasteiger partial charge is 0.126 e. The summed E-state index contributed by atoms with van der Waals surface area (Å²) in [6, 6.07) is 21.0. The number of halogens is 1. The topological polar surface area (TPSA) is 43.4 Å². The molecule has 0 saturated carbocycles. The first-order valence-corrected chi connectivity index (χ1v) is 8.43. The third-order valence-corrected chi connectivity index (χ3v) is 3.74. The van der Waals surface area contributed by atoms with Crippen LogP contribution < -0.4 is 14.8 Å². The first-order chi connectivity index (χ1) is 12.3. The molecule has 0 aliphatic rings. The molecule has 25 heavy (non-hydrogen) atoms. The van der Waals surface area contributed by atoms with Crippen LogP contribution in [0.1, 0.15) is 5.56 Å². The molecule has 0 spiro atoms. The predicted octanol–water partition coefficient (Wildman–Crippen LogP) is 4.80. The second-order valence-corrected chi connectivity index (χ2v) is 5.77. The first kappa shape index (κ1) is 17.1. The average molecular weight is 355 g/mol. The number of hydrogen-bond acceptors (Lipinski definition) is 4. The van der Waals surface area contributed by atoms with Crippen LogP contribution in [0.2, 0.25) is 5.02 Å². The summed E-state index contributed by atoms with van der Waals surface area (Å²) in [5.41, 5.74) is 0.970. The van der Waals surface area contributed by atoms with Crippen LogP contribution in [-0.4, -0.2) is 18.2 Å². The molecule has 5 heteroatoms. The van der Waals surface area contributed by atoms with Gasteiger partial charge in [0.05, 0.1) is 0 Å². The number of nitrogens with one attached hydrogen (secondary N) is 1. The third kappa shape index (κ3) is 5.40. The van der Waals surface area contributed by atoms with E-state index in [0.717, 1.165) is 22.9 Å². The molecule has 2 aromatic carbocycles. The van der Waals surface area contributed by atoms with Crippen molar-refractivity contribution >= 4 is 17.4 Å². The van der Waals surface area contributed by atoms with Crippen molar-refractivity contribution in [1.29, 1.82) is 0 Å². The summed E-state index contributed by atoms with van der Waals surface area (Å²) in [7, 11) is 0. The summed E-state index contributed by atoms with van der Waals surface area (Å²) in [4.78, 5) is 4.25.